The third kappa shape index (κ3) is 2.77. The van der Waals surface area contributed by atoms with E-state index < -0.39 is 6.10 Å². The Morgan fingerprint density at radius 2 is 1.89 bits per heavy atom. The van der Waals surface area contributed by atoms with Crippen molar-refractivity contribution in [2.75, 3.05) is 0 Å². The predicted octanol–water partition coefficient (Wildman–Crippen LogP) is 3.28. The molecule has 0 aliphatic heterocycles. The molecular formula is C16H19NO. The van der Waals surface area contributed by atoms with Gasteiger partial charge in [0.25, 0.3) is 0 Å². The molecule has 1 N–H and O–H groups in total. The van der Waals surface area contributed by atoms with Crippen LogP contribution in [0, 0.1) is 20.8 Å². The van der Waals surface area contributed by atoms with Gasteiger partial charge in [-0.05, 0) is 43.5 Å². The third-order valence-corrected chi connectivity index (χ3v) is 3.28. The molecule has 1 aromatic carbocycles. The molecular weight excluding hydrogens is 222 g/mol. The largest absolute Gasteiger partial charge is 0.386 e. The number of aliphatic hydroxyl groups is 1. The molecule has 1 heterocycles. The fourth-order valence-electron chi connectivity index (χ4n) is 2.17. The van der Waals surface area contributed by atoms with Gasteiger partial charge in [0.15, 0.2) is 0 Å². The van der Waals surface area contributed by atoms with E-state index in [-0.39, 0.29) is 0 Å². The molecule has 2 nitrogen and oxygen atoms in total. The standard InChI is InChI=1S/C16H19NO/c1-11-6-7-12(2)14(9-11)10-15(18)16-13(3)5-4-8-17-16/h4-9,15,18H,10H2,1-3H3. The number of nitrogens with zero attached hydrogens (tertiary/aromatic N) is 1. The maximum absolute atomic E-state index is 10.3. The van der Waals surface area contributed by atoms with Gasteiger partial charge >= 0.3 is 0 Å². The summed E-state index contributed by atoms with van der Waals surface area (Å²) in [5.74, 6) is 0. The van der Waals surface area contributed by atoms with Gasteiger partial charge in [-0.3, -0.25) is 4.98 Å². The van der Waals surface area contributed by atoms with E-state index in [4.69, 9.17) is 0 Å². The van der Waals surface area contributed by atoms with Gasteiger partial charge in [0.1, 0.15) is 6.10 Å². The molecule has 2 heteroatoms. The van der Waals surface area contributed by atoms with Crippen LogP contribution in [0.5, 0.6) is 0 Å². The second kappa shape index (κ2) is 5.32. The minimum Gasteiger partial charge on any atom is -0.386 e. The Morgan fingerprint density at radius 1 is 1.11 bits per heavy atom. The van der Waals surface area contributed by atoms with Gasteiger partial charge in [0.05, 0.1) is 5.69 Å². The summed E-state index contributed by atoms with van der Waals surface area (Å²) in [6, 6.07) is 10.2. The Morgan fingerprint density at radius 3 is 2.61 bits per heavy atom. The molecule has 0 radical (unpaired) electrons. The van der Waals surface area contributed by atoms with Crippen LogP contribution in [-0.2, 0) is 6.42 Å². The lowest BCUT2D eigenvalue weighted by Gasteiger charge is -2.14. The lowest BCUT2D eigenvalue weighted by Crippen LogP contribution is -2.07. The first-order chi connectivity index (χ1) is 8.58. The van der Waals surface area contributed by atoms with Gasteiger partial charge in [-0.2, -0.15) is 0 Å². The Labute approximate surface area is 108 Å². The molecule has 18 heavy (non-hydrogen) atoms. The quantitative estimate of drug-likeness (QED) is 0.894. The highest BCUT2D eigenvalue weighted by Crippen LogP contribution is 2.21. The molecule has 0 saturated carbocycles. The normalized spacial score (nSPS) is 12.4. The summed E-state index contributed by atoms with van der Waals surface area (Å²) in [5.41, 5.74) is 5.44. The monoisotopic (exact) mass is 241 g/mol. The number of rotatable bonds is 3. The molecule has 94 valence electrons. The molecule has 2 rings (SSSR count). The van der Waals surface area contributed by atoms with Crippen molar-refractivity contribution in [2.24, 2.45) is 0 Å². The van der Waals surface area contributed by atoms with Crippen LogP contribution in [0.1, 0.15) is 34.1 Å². The Balaban J connectivity index is 2.24. The number of aryl methyl sites for hydroxylation is 3. The van der Waals surface area contributed by atoms with Crippen LogP contribution in [0.15, 0.2) is 36.5 Å². The summed E-state index contributed by atoms with van der Waals surface area (Å²) in [6.45, 7) is 6.13. The van der Waals surface area contributed by atoms with Crippen LogP contribution in [0.3, 0.4) is 0 Å². The molecule has 1 unspecified atom stereocenters. The second-order valence-electron chi connectivity index (χ2n) is 4.86. The van der Waals surface area contributed by atoms with E-state index in [0.717, 1.165) is 11.3 Å². The average Bonchev–Trinajstić information content (AvgIpc) is 2.34. The van der Waals surface area contributed by atoms with Crippen LogP contribution >= 0.6 is 0 Å². The smallest absolute Gasteiger partial charge is 0.100 e. The van der Waals surface area contributed by atoms with Gasteiger partial charge in [0.2, 0.25) is 0 Å². The van der Waals surface area contributed by atoms with E-state index in [1.807, 2.05) is 19.1 Å². The summed E-state index contributed by atoms with van der Waals surface area (Å²) in [6.07, 6.45) is 1.81. The van der Waals surface area contributed by atoms with Crippen molar-refractivity contribution in [2.45, 2.75) is 33.3 Å². The summed E-state index contributed by atoms with van der Waals surface area (Å²) < 4.78 is 0. The van der Waals surface area contributed by atoms with Crippen LogP contribution in [0.25, 0.3) is 0 Å². The Bertz CT molecular complexity index is 549. The van der Waals surface area contributed by atoms with Gasteiger partial charge < -0.3 is 5.11 Å². The first-order valence-electron chi connectivity index (χ1n) is 6.23. The first-order valence-corrected chi connectivity index (χ1v) is 6.23. The molecule has 0 bridgehead atoms. The number of pyridine rings is 1. The average molecular weight is 241 g/mol. The van der Waals surface area contributed by atoms with Crippen molar-refractivity contribution in [1.82, 2.24) is 4.98 Å². The van der Waals surface area contributed by atoms with Crippen molar-refractivity contribution in [1.29, 1.82) is 0 Å². The fourth-order valence-corrected chi connectivity index (χ4v) is 2.17. The van der Waals surface area contributed by atoms with Gasteiger partial charge in [-0.1, -0.05) is 29.8 Å². The molecule has 2 aromatic rings. The zero-order chi connectivity index (χ0) is 13.1. The second-order valence-corrected chi connectivity index (χ2v) is 4.86. The molecule has 0 amide bonds. The topological polar surface area (TPSA) is 33.1 Å². The summed E-state index contributed by atoms with van der Waals surface area (Å²) >= 11 is 0. The highest BCUT2D eigenvalue weighted by atomic mass is 16.3. The van der Waals surface area contributed by atoms with Gasteiger partial charge in [0, 0.05) is 12.6 Å². The van der Waals surface area contributed by atoms with Crippen molar-refractivity contribution in [3.8, 4) is 0 Å². The van der Waals surface area contributed by atoms with E-state index in [0.29, 0.717) is 6.42 Å². The van der Waals surface area contributed by atoms with E-state index in [1.54, 1.807) is 6.20 Å². The molecule has 0 fully saturated rings. The maximum atomic E-state index is 10.3. The maximum Gasteiger partial charge on any atom is 0.100 e. The zero-order valence-electron chi connectivity index (χ0n) is 11.1. The lowest BCUT2D eigenvalue weighted by molar-refractivity contribution is 0.172. The zero-order valence-corrected chi connectivity index (χ0v) is 11.1. The number of hydrogen-bond donors (Lipinski definition) is 1. The first kappa shape index (κ1) is 12.8. The third-order valence-electron chi connectivity index (χ3n) is 3.28. The fraction of sp³-hybridized carbons (Fsp3) is 0.312. The SMILES string of the molecule is Cc1ccc(C)c(CC(O)c2ncccc2C)c1. The summed E-state index contributed by atoms with van der Waals surface area (Å²) in [7, 11) is 0. The summed E-state index contributed by atoms with van der Waals surface area (Å²) in [5, 5.41) is 10.3. The molecule has 1 aromatic heterocycles. The predicted molar refractivity (Wildman–Crippen MR) is 73.6 cm³/mol. The van der Waals surface area contributed by atoms with Crippen LogP contribution in [0.4, 0.5) is 0 Å². The minimum atomic E-state index is -0.535. The van der Waals surface area contributed by atoms with E-state index in [2.05, 4.69) is 37.0 Å². The molecule has 0 saturated heterocycles. The van der Waals surface area contributed by atoms with E-state index >= 15 is 0 Å². The molecule has 0 spiro atoms. The van der Waals surface area contributed by atoms with Crippen molar-refractivity contribution in [3.63, 3.8) is 0 Å². The number of aromatic nitrogens is 1. The van der Waals surface area contributed by atoms with Crippen LogP contribution in [-0.4, -0.2) is 10.1 Å². The summed E-state index contributed by atoms with van der Waals surface area (Å²) in [4.78, 5) is 4.28. The van der Waals surface area contributed by atoms with Crippen molar-refractivity contribution in [3.05, 3.63) is 64.5 Å². The van der Waals surface area contributed by atoms with E-state index in [1.165, 1.54) is 16.7 Å². The molecule has 1 atom stereocenters. The van der Waals surface area contributed by atoms with Crippen LogP contribution < -0.4 is 0 Å². The molecule has 0 aliphatic carbocycles. The number of aliphatic hydroxyl groups excluding tert-OH is 1. The number of hydrogen-bond acceptors (Lipinski definition) is 2. The highest BCUT2D eigenvalue weighted by Gasteiger charge is 2.13. The highest BCUT2D eigenvalue weighted by molar-refractivity contribution is 5.32. The molecule has 0 aliphatic rings. The van der Waals surface area contributed by atoms with E-state index in [9.17, 15) is 5.11 Å². The van der Waals surface area contributed by atoms with Crippen molar-refractivity contribution < 1.29 is 5.11 Å². The van der Waals surface area contributed by atoms with Gasteiger partial charge in [-0.25, -0.2) is 0 Å². The lowest BCUT2D eigenvalue weighted by atomic mass is 9.97. The van der Waals surface area contributed by atoms with Crippen LogP contribution in [0.2, 0.25) is 0 Å². The number of benzene rings is 1. The van der Waals surface area contributed by atoms with Crippen molar-refractivity contribution >= 4 is 0 Å². The van der Waals surface area contributed by atoms with Gasteiger partial charge in [-0.15, -0.1) is 0 Å². The minimum absolute atomic E-state index is 0.535. The Kier molecular flexibility index (Phi) is 3.78. The Hall–Kier alpha value is -1.67.